The lowest BCUT2D eigenvalue weighted by atomic mass is 10.0. The number of rotatable bonds is 1. The first-order valence-corrected chi connectivity index (χ1v) is 3.61. The molecule has 1 aromatic rings. The summed E-state index contributed by atoms with van der Waals surface area (Å²) in [7, 11) is 0. The van der Waals surface area contributed by atoms with Crippen molar-refractivity contribution in [2.45, 2.75) is 20.4 Å². The zero-order chi connectivity index (χ0) is 8.43. The zero-order valence-electron chi connectivity index (χ0n) is 6.82. The number of hydrogen-bond acceptors (Lipinski definition) is 1. The summed E-state index contributed by atoms with van der Waals surface area (Å²) < 4.78 is 12.9. The summed E-state index contributed by atoms with van der Waals surface area (Å²) in [4.78, 5) is 0. The molecule has 0 aliphatic carbocycles. The lowest BCUT2D eigenvalue weighted by molar-refractivity contribution is 0.615. The Hall–Kier alpha value is -0.890. The van der Waals surface area contributed by atoms with Gasteiger partial charge in [-0.25, -0.2) is 4.39 Å². The van der Waals surface area contributed by atoms with E-state index in [2.05, 4.69) is 0 Å². The van der Waals surface area contributed by atoms with E-state index in [9.17, 15) is 4.39 Å². The number of halogens is 1. The summed E-state index contributed by atoms with van der Waals surface area (Å²) in [6.07, 6.45) is 0. The topological polar surface area (TPSA) is 26.0 Å². The van der Waals surface area contributed by atoms with Crippen molar-refractivity contribution in [1.29, 1.82) is 0 Å². The average molecular weight is 153 g/mol. The third kappa shape index (κ3) is 1.40. The van der Waals surface area contributed by atoms with E-state index < -0.39 is 0 Å². The van der Waals surface area contributed by atoms with Gasteiger partial charge in [-0.2, -0.15) is 0 Å². The molecule has 2 heteroatoms. The maximum absolute atomic E-state index is 12.9. The van der Waals surface area contributed by atoms with Crippen LogP contribution in [-0.2, 0) is 6.54 Å². The third-order valence-electron chi connectivity index (χ3n) is 2.05. The molecule has 1 aromatic carbocycles. The second-order valence-electron chi connectivity index (χ2n) is 2.66. The molecule has 0 unspecified atom stereocenters. The third-order valence-corrected chi connectivity index (χ3v) is 2.05. The SMILES string of the molecule is Cc1c(F)ccc(CN)c1C. The van der Waals surface area contributed by atoms with Gasteiger partial charge in [-0.3, -0.25) is 0 Å². The van der Waals surface area contributed by atoms with Crippen molar-refractivity contribution in [3.8, 4) is 0 Å². The summed E-state index contributed by atoms with van der Waals surface area (Å²) in [5.74, 6) is -0.153. The molecular formula is C9H12FN. The second-order valence-corrected chi connectivity index (χ2v) is 2.66. The van der Waals surface area contributed by atoms with Gasteiger partial charge in [-0.1, -0.05) is 6.07 Å². The van der Waals surface area contributed by atoms with Gasteiger partial charge >= 0.3 is 0 Å². The van der Waals surface area contributed by atoms with Crippen LogP contribution in [0.4, 0.5) is 4.39 Å². The fourth-order valence-electron chi connectivity index (χ4n) is 1.06. The van der Waals surface area contributed by atoms with Gasteiger partial charge in [0.05, 0.1) is 0 Å². The van der Waals surface area contributed by atoms with E-state index in [0.717, 1.165) is 11.1 Å². The predicted molar refractivity (Wildman–Crippen MR) is 43.8 cm³/mol. The normalized spacial score (nSPS) is 10.2. The fourth-order valence-corrected chi connectivity index (χ4v) is 1.06. The minimum Gasteiger partial charge on any atom is -0.326 e. The average Bonchev–Trinajstić information content (AvgIpc) is 2.01. The predicted octanol–water partition coefficient (Wildman–Crippen LogP) is 1.90. The van der Waals surface area contributed by atoms with Crippen molar-refractivity contribution in [3.63, 3.8) is 0 Å². The smallest absolute Gasteiger partial charge is 0.126 e. The lowest BCUT2D eigenvalue weighted by Crippen LogP contribution is -2.01. The number of hydrogen-bond donors (Lipinski definition) is 1. The number of nitrogens with two attached hydrogens (primary N) is 1. The van der Waals surface area contributed by atoms with Gasteiger partial charge in [0.15, 0.2) is 0 Å². The molecule has 0 bridgehead atoms. The quantitative estimate of drug-likeness (QED) is 0.655. The van der Waals surface area contributed by atoms with E-state index in [4.69, 9.17) is 5.73 Å². The number of benzene rings is 1. The van der Waals surface area contributed by atoms with Crippen LogP contribution in [0.1, 0.15) is 16.7 Å². The molecule has 0 atom stereocenters. The highest BCUT2D eigenvalue weighted by molar-refractivity contribution is 5.33. The molecule has 0 heterocycles. The zero-order valence-corrected chi connectivity index (χ0v) is 6.82. The van der Waals surface area contributed by atoms with Gasteiger partial charge in [0, 0.05) is 6.54 Å². The van der Waals surface area contributed by atoms with Crippen LogP contribution in [0.2, 0.25) is 0 Å². The van der Waals surface area contributed by atoms with Crippen molar-refractivity contribution >= 4 is 0 Å². The molecule has 0 radical (unpaired) electrons. The van der Waals surface area contributed by atoms with E-state index in [1.165, 1.54) is 6.07 Å². The van der Waals surface area contributed by atoms with Crippen LogP contribution in [-0.4, -0.2) is 0 Å². The van der Waals surface area contributed by atoms with Gasteiger partial charge in [0.2, 0.25) is 0 Å². The second kappa shape index (κ2) is 3.01. The molecular weight excluding hydrogens is 141 g/mol. The molecule has 0 aliphatic rings. The Morgan fingerprint density at radius 3 is 2.45 bits per heavy atom. The molecule has 0 saturated heterocycles. The first kappa shape index (κ1) is 8.21. The van der Waals surface area contributed by atoms with Crippen molar-refractivity contribution in [3.05, 3.63) is 34.6 Å². The molecule has 2 N–H and O–H groups in total. The molecule has 0 aromatic heterocycles. The molecule has 11 heavy (non-hydrogen) atoms. The monoisotopic (exact) mass is 153 g/mol. The van der Waals surface area contributed by atoms with E-state index in [-0.39, 0.29) is 5.82 Å². The van der Waals surface area contributed by atoms with E-state index in [0.29, 0.717) is 12.1 Å². The minimum atomic E-state index is -0.153. The molecule has 1 rings (SSSR count). The van der Waals surface area contributed by atoms with Crippen LogP contribution >= 0.6 is 0 Å². The first-order chi connectivity index (χ1) is 5.16. The lowest BCUT2D eigenvalue weighted by Gasteiger charge is -2.06. The van der Waals surface area contributed by atoms with Gasteiger partial charge in [0.25, 0.3) is 0 Å². The summed E-state index contributed by atoms with van der Waals surface area (Å²) in [6.45, 7) is 4.14. The van der Waals surface area contributed by atoms with Crippen molar-refractivity contribution in [2.75, 3.05) is 0 Å². The van der Waals surface area contributed by atoms with Crippen LogP contribution in [0.15, 0.2) is 12.1 Å². The molecule has 0 aliphatic heterocycles. The Morgan fingerprint density at radius 1 is 1.27 bits per heavy atom. The molecule has 0 spiro atoms. The van der Waals surface area contributed by atoms with E-state index >= 15 is 0 Å². The largest absolute Gasteiger partial charge is 0.326 e. The molecule has 1 nitrogen and oxygen atoms in total. The summed E-state index contributed by atoms with van der Waals surface area (Å²) in [6, 6.07) is 3.20. The van der Waals surface area contributed by atoms with Gasteiger partial charge in [-0.05, 0) is 36.6 Å². The Kier molecular flexibility index (Phi) is 2.25. The maximum Gasteiger partial charge on any atom is 0.126 e. The Bertz CT molecular complexity index is 269. The molecule has 0 saturated carbocycles. The van der Waals surface area contributed by atoms with Crippen molar-refractivity contribution in [2.24, 2.45) is 5.73 Å². The standard InChI is InChI=1S/C9H12FN/c1-6-7(2)9(10)4-3-8(6)5-11/h3-4H,5,11H2,1-2H3. The summed E-state index contributed by atoms with van der Waals surface area (Å²) in [5.41, 5.74) is 8.13. The maximum atomic E-state index is 12.9. The highest BCUT2D eigenvalue weighted by atomic mass is 19.1. The Balaban J connectivity index is 3.25. The summed E-state index contributed by atoms with van der Waals surface area (Å²) >= 11 is 0. The van der Waals surface area contributed by atoms with Crippen LogP contribution < -0.4 is 5.73 Å². The highest BCUT2D eigenvalue weighted by Gasteiger charge is 2.03. The van der Waals surface area contributed by atoms with E-state index in [1.54, 1.807) is 13.0 Å². The highest BCUT2D eigenvalue weighted by Crippen LogP contribution is 2.15. The van der Waals surface area contributed by atoms with E-state index in [1.807, 2.05) is 6.92 Å². The van der Waals surface area contributed by atoms with Crippen LogP contribution in [0.3, 0.4) is 0 Å². The summed E-state index contributed by atoms with van der Waals surface area (Å²) in [5, 5.41) is 0. The van der Waals surface area contributed by atoms with Crippen molar-refractivity contribution in [1.82, 2.24) is 0 Å². The first-order valence-electron chi connectivity index (χ1n) is 3.61. The molecule has 60 valence electrons. The molecule has 0 fully saturated rings. The van der Waals surface area contributed by atoms with Crippen molar-refractivity contribution < 1.29 is 4.39 Å². The fraction of sp³-hybridized carbons (Fsp3) is 0.333. The van der Waals surface area contributed by atoms with Gasteiger partial charge < -0.3 is 5.73 Å². The Morgan fingerprint density at radius 2 is 1.91 bits per heavy atom. The van der Waals surface area contributed by atoms with Crippen LogP contribution in [0.25, 0.3) is 0 Å². The van der Waals surface area contributed by atoms with Crippen LogP contribution in [0, 0.1) is 19.7 Å². The van der Waals surface area contributed by atoms with Gasteiger partial charge in [0.1, 0.15) is 5.82 Å². The molecule has 0 amide bonds. The van der Waals surface area contributed by atoms with Crippen LogP contribution in [0.5, 0.6) is 0 Å². The Labute approximate surface area is 66.0 Å². The minimum absolute atomic E-state index is 0.153. The van der Waals surface area contributed by atoms with Gasteiger partial charge in [-0.15, -0.1) is 0 Å².